The summed E-state index contributed by atoms with van der Waals surface area (Å²) in [6.45, 7) is 0.248. The lowest BCUT2D eigenvalue weighted by molar-refractivity contribution is 0.149. The lowest BCUT2D eigenvalue weighted by atomic mass is 9.97. The molecular weight excluding hydrogens is 270 g/mol. The molecule has 0 fully saturated rings. The number of carbonyl (C=O) groups excluding carboxylic acids is 1. The standard InChI is InChI=1S/C16H15NO2S/c1-20-16(10-19-15(17)18)13-8-4-2-6-11(13)12-7-3-5-9-14(12)16/h2-9H,10H2,1H3,(H2,17,18). The van der Waals surface area contributed by atoms with Gasteiger partial charge in [0, 0.05) is 0 Å². The fourth-order valence-corrected chi connectivity index (χ4v) is 3.87. The first-order valence-corrected chi connectivity index (χ1v) is 7.58. The van der Waals surface area contributed by atoms with Gasteiger partial charge in [-0.1, -0.05) is 48.5 Å². The van der Waals surface area contributed by atoms with E-state index in [9.17, 15) is 4.79 Å². The van der Waals surface area contributed by atoms with Gasteiger partial charge in [-0.3, -0.25) is 0 Å². The Morgan fingerprint density at radius 2 is 1.60 bits per heavy atom. The maximum Gasteiger partial charge on any atom is 0.404 e. The molecule has 0 saturated carbocycles. The molecule has 0 heterocycles. The molecule has 0 aromatic heterocycles. The van der Waals surface area contributed by atoms with Crippen molar-refractivity contribution < 1.29 is 9.53 Å². The molecule has 0 atom stereocenters. The van der Waals surface area contributed by atoms with E-state index in [0.717, 1.165) is 0 Å². The number of fused-ring (bicyclic) bond motifs is 3. The molecule has 0 saturated heterocycles. The third-order valence-electron chi connectivity index (χ3n) is 3.78. The predicted molar refractivity (Wildman–Crippen MR) is 81.7 cm³/mol. The summed E-state index contributed by atoms with van der Waals surface area (Å²) in [5, 5.41) is 0. The van der Waals surface area contributed by atoms with Gasteiger partial charge >= 0.3 is 6.09 Å². The second-order valence-corrected chi connectivity index (χ2v) is 5.84. The first kappa shape index (κ1) is 13.1. The number of hydrogen-bond acceptors (Lipinski definition) is 3. The molecule has 20 heavy (non-hydrogen) atoms. The van der Waals surface area contributed by atoms with Gasteiger partial charge in [0.25, 0.3) is 0 Å². The highest BCUT2D eigenvalue weighted by Gasteiger charge is 2.43. The van der Waals surface area contributed by atoms with E-state index in [2.05, 4.69) is 24.3 Å². The summed E-state index contributed by atoms with van der Waals surface area (Å²) in [5.41, 5.74) is 9.90. The minimum atomic E-state index is -0.736. The highest BCUT2D eigenvalue weighted by Crippen LogP contribution is 2.54. The summed E-state index contributed by atoms with van der Waals surface area (Å²) in [5.74, 6) is 0. The zero-order chi connectivity index (χ0) is 14.2. The van der Waals surface area contributed by atoms with E-state index in [1.54, 1.807) is 11.8 Å². The third kappa shape index (κ3) is 1.79. The van der Waals surface area contributed by atoms with Gasteiger partial charge in [0.15, 0.2) is 0 Å². The molecule has 1 aliphatic rings. The Hall–Kier alpha value is -1.94. The highest BCUT2D eigenvalue weighted by atomic mass is 32.2. The van der Waals surface area contributed by atoms with Crippen LogP contribution in [0.4, 0.5) is 4.79 Å². The van der Waals surface area contributed by atoms with Crippen molar-refractivity contribution in [3.05, 3.63) is 59.7 Å². The zero-order valence-corrected chi connectivity index (χ0v) is 11.9. The molecule has 4 heteroatoms. The zero-order valence-electron chi connectivity index (χ0n) is 11.1. The number of nitrogens with two attached hydrogens (primary N) is 1. The van der Waals surface area contributed by atoms with E-state index in [1.165, 1.54) is 22.3 Å². The van der Waals surface area contributed by atoms with E-state index < -0.39 is 6.09 Å². The second kappa shape index (κ2) is 4.87. The van der Waals surface area contributed by atoms with Gasteiger partial charge in [-0.15, -0.1) is 11.8 Å². The number of benzene rings is 2. The molecular formula is C16H15NO2S. The molecule has 3 nitrogen and oxygen atoms in total. The van der Waals surface area contributed by atoms with Crippen LogP contribution in [0.5, 0.6) is 0 Å². The van der Waals surface area contributed by atoms with Crippen LogP contribution in [0.15, 0.2) is 48.5 Å². The number of amides is 1. The summed E-state index contributed by atoms with van der Waals surface area (Å²) in [6.07, 6.45) is 1.30. The number of rotatable bonds is 3. The van der Waals surface area contributed by atoms with Crippen LogP contribution in [-0.4, -0.2) is 19.0 Å². The minimum absolute atomic E-state index is 0.248. The van der Waals surface area contributed by atoms with Crippen molar-refractivity contribution in [2.75, 3.05) is 12.9 Å². The Morgan fingerprint density at radius 1 is 1.10 bits per heavy atom. The van der Waals surface area contributed by atoms with Crippen molar-refractivity contribution >= 4 is 17.9 Å². The van der Waals surface area contributed by atoms with Gasteiger partial charge in [-0.25, -0.2) is 4.79 Å². The average Bonchev–Trinajstić information content (AvgIpc) is 2.76. The van der Waals surface area contributed by atoms with Crippen molar-refractivity contribution in [1.29, 1.82) is 0 Å². The fraction of sp³-hybridized carbons (Fsp3) is 0.188. The van der Waals surface area contributed by atoms with Crippen LogP contribution in [-0.2, 0) is 9.48 Å². The van der Waals surface area contributed by atoms with Gasteiger partial charge in [-0.05, 0) is 28.5 Å². The van der Waals surface area contributed by atoms with Crippen LogP contribution in [0.3, 0.4) is 0 Å². The molecule has 0 unspecified atom stereocenters. The van der Waals surface area contributed by atoms with E-state index in [-0.39, 0.29) is 11.4 Å². The quantitative estimate of drug-likeness (QED) is 0.940. The minimum Gasteiger partial charge on any atom is -0.447 e. The Morgan fingerprint density at radius 3 is 2.05 bits per heavy atom. The predicted octanol–water partition coefficient (Wildman–Crippen LogP) is 3.37. The summed E-state index contributed by atoms with van der Waals surface area (Å²) in [7, 11) is 0. The molecule has 0 bridgehead atoms. The number of primary amides is 1. The molecule has 1 aliphatic carbocycles. The molecule has 102 valence electrons. The fourth-order valence-electron chi connectivity index (χ4n) is 2.89. The van der Waals surface area contributed by atoms with Crippen LogP contribution < -0.4 is 5.73 Å². The van der Waals surface area contributed by atoms with Crippen molar-refractivity contribution in [2.24, 2.45) is 5.73 Å². The van der Waals surface area contributed by atoms with E-state index >= 15 is 0 Å². The first-order chi connectivity index (χ1) is 9.69. The van der Waals surface area contributed by atoms with Crippen LogP contribution in [0, 0.1) is 0 Å². The Kier molecular flexibility index (Phi) is 3.18. The molecule has 0 aliphatic heterocycles. The van der Waals surface area contributed by atoms with Crippen molar-refractivity contribution in [3.8, 4) is 11.1 Å². The number of hydrogen-bond donors (Lipinski definition) is 1. The molecule has 0 radical (unpaired) electrons. The highest BCUT2D eigenvalue weighted by molar-refractivity contribution is 7.99. The number of carbonyl (C=O) groups is 1. The summed E-state index contributed by atoms with van der Waals surface area (Å²) in [6, 6.07) is 16.5. The summed E-state index contributed by atoms with van der Waals surface area (Å²) >= 11 is 1.67. The largest absolute Gasteiger partial charge is 0.447 e. The average molecular weight is 285 g/mol. The van der Waals surface area contributed by atoms with E-state index in [0.29, 0.717) is 0 Å². The Labute approximate surface area is 122 Å². The summed E-state index contributed by atoms with van der Waals surface area (Å²) in [4.78, 5) is 11.0. The van der Waals surface area contributed by atoms with Crippen LogP contribution in [0.25, 0.3) is 11.1 Å². The third-order valence-corrected chi connectivity index (χ3v) is 5.04. The maximum absolute atomic E-state index is 11.0. The van der Waals surface area contributed by atoms with E-state index in [4.69, 9.17) is 10.5 Å². The lowest BCUT2D eigenvalue weighted by Crippen LogP contribution is -2.30. The van der Waals surface area contributed by atoms with Crippen LogP contribution >= 0.6 is 11.8 Å². The molecule has 2 N–H and O–H groups in total. The number of ether oxygens (including phenoxy) is 1. The van der Waals surface area contributed by atoms with Crippen LogP contribution in [0.2, 0.25) is 0 Å². The van der Waals surface area contributed by atoms with Crippen LogP contribution in [0.1, 0.15) is 11.1 Å². The monoisotopic (exact) mass is 285 g/mol. The Balaban J connectivity index is 2.20. The number of thioether (sulfide) groups is 1. The molecule has 3 rings (SSSR count). The van der Waals surface area contributed by atoms with Gasteiger partial charge in [0.2, 0.25) is 0 Å². The van der Waals surface area contributed by atoms with Crippen molar-refractivity contribution in [2.45, 2.75) is 4.75 Å². The van der Waals surface area contributed by atoms with Gasteiger partial charge < -0.3 is 10.5 Å². The smallest absolute Gasteiger partial charge is 0.404 e. The Bertz CT molecular complexity index is 624. The van der Waals surface area contributed by atoms with Crippen molar-refractivity contribution in [3.63, 3.8) is 0 Å². The van der Waals surface area contributed by atoms with Gasteiger partial charge in [0.05, 0.1) is 0 Å². The summed E-state index contributed by atoms with van der Waals surface area (Å²) < 4.78 is 4.78. The second-order valence-electron chi connectivity index (χ2n) is 4.73. The lowest BCUT2D eigenvalue weighted by Gasteiger charge is -2.29. The SMILES string of the molecule is CSC1(COC(N)=O)c2ccccc2-c2ccccc21. The molecule has 0 spiro atoms. The van der Waals surface area contributed by atoms with E-state index in [1.807, 2.05) is 30.5 Å². The van der Waals surface area contributed by atoms with Gasteiger partial charge in [0.1, 0.15) is 11.4 Å². The normalized spacial score (nSPS) is 14.4. The molecule has 2 aromatic rings. The van der Waals surface area contributed by atoms with Gasteiger partial charge in [-0.2, -0.15) is 0 Å². The topological polar surface area (TPSA) is 52.3 Å². The maximum atomic E-state index is 11.0. The molecule has 2 aromatic carbocycles. The van der Waals surface area contributed by atoms with Crippen molar-refractivity contribution in [1.82, 2.24) is 0 Å². The molecule has 1 amide bonds. The first-order valence-electron chi connectivity index (χ1n) is 6.36.